The van der Waals surface area contributed by atoms with Crippen molar-refractivity contribution in [1.29, 1.82) is 0 Å². The first-order valence-corrected chi connectivity index (χ1v) is 8.57. The molecule has 0 aliphatic rings. The second kappa shape index (κ2) is 7.09. The molecule has 136 valence electrons. The lowest BCUT2D eigenvalue weighted by Crippen LogP contribution is -2.32. The van der Waals surface area contributed by atoms with E-state index in [-0.39, 0.29) is 35.5 Å². The lowest BCUT2D eigenvalue weighted by atomic mass is 10.2. The third-order valence-electron chi connectivity index (χ3n) is 4.36. The summed E-state index contributed by atoms with van der Waals surface area (Å²) in [6.07, 6.45) is 0. The minimum absolute atomic E-state index is 0.00513. The topological polar surface area (TPSA) is 83.9 Å². The molecule has 0 saturated heterocycles. The van der Waals surface area contributed by atoms with Crippen molar-refractivity contribution < 1.29 is 18.7 Å². The quantitative estimate of drug-likeness (QED) is 0.589. The Morgan fingerprint density at radius 1 is 0.963 bits per heavy atom. The molecular weight excluding hydrogens is 346 g/mol. The molecule has 0 fully saturated rings. The van der Waals surface area contributed by atoms with Gasteiger partial charge >= 0.3 is 5.78 Å². The Labute approximate surface area is 154 Å². The van der Waals surface area contributed by atoms with Crippen molar-refractivity contribution >= 4 is 28.0 Å². The Balaban J connectivity index is 1.73. The normalized spacial score (nSPS) is 11.1. The Morgan fingerprint density at radius 3 is 2.48 bits per heavy atom. The molecule has 2 aromatic carbocycles. The van der Waals surface area contributed by atoms with Gasteiger partial charge in [-0.2, -0.15) is 0 Å². The van der Waals surface area contributed by atoms with Crippen LogP contribution >= 0.6 is 0 Å². The third-order valence-corrected chi connectivity index (χ3v) is 4.36. The van der Waals surface area contributed by atoms with Gasteiger partial charge < -0.3 is 18.8 Å². The Hall–Kier alpha value is -3.38. The average Bonchev–Trinajstić information content (AvgIpc) is 3.12. The van der Waals surface area contributed by atoms with E-state index in [0.29, 0.717) is 17.5 Å². The van der Waals surface area contributed by atoms with Crippen LogP contribution in [0.25, 0.3) is 22.1 Å². The number of fused-ring (bicyclic) bond motifs is 2. The van der Waals surface area contributed by atoms with Crippen LogP contribution in [0.3, 0.4) is 0 Å². The van der Waals surface area contributed by atoms with Crippen LogP contribution in [-0.4, -0.2) is 29.1 Å². The van der Waals surface area contributed by atoms with Crippen LogP contribution in [0.4, 0.5) is 0 Å². The van der Waals surface area contributed by atoms with Crippen LogP contribution in [0.5, 0.6) is 0 Å². The number of amides is 1. The predicted octanol–water partition coefficient (Wildman–Crippen LogP) is 3.17. The molecule has 4 rings (SSSR count). The Kier molecular flexibility index (Phi) is 4.48. The highest BCUT2D eigenvalue weighted by atomic mass is 16.5. The van der Waals surface area contributed by atoms with E-state index in [0.717, 1.165) is 5.56 Å². The monoisotopic (exact) mass is 363 g/mol. The molecule has 0 bridgehead atoms. The minimum Gasteiger partial charge on any atom is -0.425 e. The second-order valence-corrected chi connectivity index (χ2v) is 6.18. The molecule has 2 aromatic heterocycles. The zero-order valence-corrected chi connectivity index (χ0v) is 14.4. The molecule has 0 unspecified atom stereocenters. The van der Waals surface area contributed by atoms with Crippen molar-refractivity contribution in [3.63, 3.8) is 0 Å². The van der Waals surface area contributed by atoms with Gasteiger partial charge in [0.05, 0.1) is 12.0 Å². The SMILES string of the molecule is O=C(c1cc2c(=O)c3ccccc3oc2o1)N(CCO)Cc1ccccc1. The number of hydrogen-bond acceptors (Lipinski definition) is 5. The second-order valence-electron chi connectivity index (χ2n) is 6.18. The molecule has 0 saturated carbocycles. The predicted molar refractivity (Wildman–Crippen MR) is 101 cm³/mol. The van der Waals surface area contributed by atoms with E-state index in [1.54, 1.807) is 24.3 Å². The van der Waals surface area contributed by atoms with Gasteiger partial charge in [0.1, 0.15) is 11.0 Å². The summed E-state index contributed by atoms with van der Waals surface area (Å²) in [7, 11) is 0. The fourth-order valence-corrected chi connectivity index (χ4v) is 3.03. The maximum Gasteiger partial charge on any atom is 0.302 e. The van der Waals surface area contributed by atoms with E-state index >= 15 is 0 Å². The highest BCUT2D eigenvalue weighted by Gasteiger charge is 2.22. The van der Waals surface area contributed by atoms with Crippen LogP contribution in [0, 0.1) is 0 Å². The minimum atomic E-state index is -0.414. The number of hydrogen-bond donors (Lipinski definition) is 1. The van der Waals surface area contributed by atoms with E-state index in [9.17, 15) is 14.7 Å². The molecule has 6 heteroatoms. The maximum atomic E-state index is 12.9. The van der Waals surface area contributed by atoms with Gasteiger partial charge in [-0.1, -0.05) is 42.5 Å². The van der Waals surface area contributed by atoms with Crippen LogP contribution < -0.4 is 5.43 Å². The van der Waals surface area contributed by atoms with Crippen molar-refractivity contribution in [2.45, 2.75) is 6.54 Å². The summed E-state index contributed by atoms with van der Waals surface area (Å²) in [4.78, 5) is 27.0. The molecule has 1 amide bonds. The van der Waals surface area contributed by atoms with Crippen molar-refractivity contribution in [3.05, 3.63) is 82.2 Å². The highest BCUT2D eigenvalue weighted by Crippen LogP contribution is 2.23. The van der Waals surface area contributed by atoms with Crippen LogP contribution in [0.2, 0.25) is 0 Å². The fourth-order valence-electron chi connectivity index (χ4n) is 3.03. The van der Waals surface area contributed by atoms with E-state index in [1.165, 1.54) is 11.0 Å². The number of carbonyl (C=O) groups excluding carboxylic acids is 1. The summed E-state index contributed by atoms with van der Waals surface area (Å²) in [5.74, 6) is -0.390. The zero-order valence-electron chi connectivity index (χ0n) is 14.4. The highest BCUT2D eigenvalue weighted by molar-refractivity contribution is 5.97. The first-order valence-electron chi connectivity index (χ1n) is 8.57. The molecule has 27 heavy (non-hydrogen) atoms. The largest absolute Gasteiger partial charge is 0.425 e. The average molecular weight is 363 g/mol. The zero-order chi connectivity index (χ0) is 18.8. The number of benzene rings is 2. The van der Waals surface area contributed by atoms with Crippen molar-refractivity contribution in [2.24, 2.45) is 0 Å². The lowest BCUT2D eigenvalue weighted by Gasteiger charge is -2.20. The molecular formula is C21H17NO5. The molecule has 0 aliphatic carbocycles. The van der Waals surface area contributed by atoms with Gasteiger partial charge in [-0.15, -0.1) is 0 Å². The number of para-hydroxylation sites is 1. The summed E-state index contributed by atoms with van der Waals surface area (Å²) < 4.78 is 11.2. The number of nitrogens with zero attached hydrogens (tertiary/aromatic N) is 1. The first kappa shape index (κ1) is 17.1. The van der Waals surface area contributed by atoms with Gasteiger partial charge in [0.2, 0.25) is 5.43 Å². The van der Waals surface area contributed by atoms with Crippen molar-refractivity contribution in [1.82, 2.24) is 4.90 Å². The van der Waals surface area contributed by atoms with Gasteiger partial charge in [-0.05, 0) is 17.7 Å². The smallest absolute Gasteiger partial charge is 0.302 e. The number of aliphatic hydroxyl groups is 1. The van der Waals surface area contributed by atoms with E-state index in [1.807, 2.05) is 30.3 Å². The molecule has 0 spiro atoms. The number of rotatable bonds is 5. The molecule has 1 N–H and O–H groups in total. The van der Waals surface area contributed by atoms with Crippen LogP contribution in [0.1, 0.15) is 16.1 Å². The summed E-state index contributed by atoms with van der Waals surface area (Å²) in [6, 6.07) is 17.7. The van der Waals surface area contributed by atoms with Gasteiger partial charge in [0.15, 0.2) is 5.76 Å². The van der Waals surface area contributed by atoms with E-state index in [4.69, 9.17) is 8.83 Å². The van der Waals surface area contributed by atoms with Gasteiger partial charge in [0, 0.05) is 19.2 Å². The third kappa shape index (κ3) is 3.22. The molecule has 6 nitrogen and oxygen atoms in total. The molecule has 4 aromatic rings. The van der Waals surface area contributed by atoms with Gasteiger partial charge in [-0.25, -0.2) is 0 Å². The lowest BCUT2D eigenvalue weighted by molar-refractivity contribution is 0.0676. The van der Waals surface area contributed by atoms with Gasteiger partial charge in [-0.3, -0.25) is 9.59 Å². The number of furan rings is 1. The number of carbonyl (C=O) groups is 1. The summed E-state index contributed by atoms with van der Waals surface area (Å²) >= 11 is 0. The van der Waals surface area contributed by atoms with E-state index < -0.39 is 5.91 Å². The van der Waals surface area contributed by atoms with E-state index in [2.05, 4.69) is 0 Å². The summed E-state index contributed by atoms with van der Waals surface area (Å²) in [6.45, 7) is 0.286. The van der Waals surface area contributed by atoms with Crippen molar-refractivity contribution in [2.75, 3.05) is 13.2 Å². The van der Waals surface area contributed by atoms with Crippen molar-refractivity contribution in [3.8, 4) is 0 Å². The molecule has 2 heterocycles. The van der Waals surface area contributed by atoms with Crippen LogP contribution in [-0.2, 0) is 6.54 Å². The maximum absolute atomic E-state index is 12.9. The summed E-state index contributed by atoms with van der Waals surface area (Å²) in [5.41, 5.74) is 1.08. The van der Waals surface area contributed by atoms with Crippen LogP contribution in [0.15, 0.2) is 74.3 Å². The Morgan fingerprint density at radius 2 is 1.70 bits per heavy atom. The number of aliphatic hydroxyl groups excluding tert-OH is 1. The fraction of sp³-hybridized carbons (Fsp3) is 0.143. The molecule has 0 aliphatic heterocycles. The molecule has 0 atom stereocenters. The van der Waals surface area contributed by atoms with Gasteiger partial charge in [0.25, 0.3) is 5.91 Å². The molecule has 0 radical (unpaired) electrons. The summed E-state index contributed by atoms with van der Waals surface area (Å²) in [5, 5.41) is 9.98. The Bertz CT molecular complexity index is 1160. The first-order chi connectivity index (χ1) is 13.2. The standard InChI is InChI=1S/C21H17NO5/c23-11-10-22(13-14-6-2-1-3-7-14)20(25)18-12-16-19(24)15-8-4-5-9-17(15)26-21(16)27-18/h1-9,12,23H,10-11,13H2.